The zero-order valence-corrected chi connectivity index (χ0v) is 13.9. The second-order valence-corrected chi connectivity index (χ2v) is 9.14. The largest absolute Gasteiger partial charge is 0.393 e. The topological polar surface area (TPSA) is 57.5 Å². The number of carbonyl (C=O) groups is 1. The lowest BCUT2D eigenvalue weighted by molar-refractivity contribution is -0.171. The van der Waals surface area contributed by atoms with Gasteiger partial charge in [-0.05, 0) is 74.0 Å². The Labute approximate surface area is 133 Å². The maximum atomic E-state index is 12.4. The Bertz CT molecular complexity index is 489. The van der Waals surface area contributed by atoms with E-state index in [1.165, 1.54) is 0 Å². The molecular formula is C19H30O3. The molecule has 0 saturated heterocycles. The fourth-order valence-electron chi connectivity index (χ4n) is 6.97. The molecule has 0 amide bonds. The molecule has 4 saturated carbocycles. The van der Waals surface area contributed by atoms with Crippen LogP contribution < -0.4 is 0 Å². The van der Waals surface area contributed by atoms with Gasteiger partial charge in [0.25, 0.3) is 0 Å². The summed E-state index contributed by atoms with van der Waals surface area (Å²) in [7, 11) is 0. The first-order chi connectivity index (χ1) is 10.4. The van der Waals surface area contributed by atoms with Gasteiger partial charge in [-0.2, -0.15) is 0 Å². The van der Waals surface area contributed by atoms with Crippen LogP contribution >= 0.6 is 0 Å². The summed E-state index contributed by atoms with van der Waals surface area (Å²) in [5.74, 6) is 2.13. The van der Waals surface area contributed by atoms with Crippen molar-refractivity contribution in [2.24, 2.45) is 34.5 Å². The van der Waals surface area contributed by atoms with Crippen molar-refractivity contribution in [1.29, 1.82) is 0 Å². The van der Waals surface area contributed by atoms with E-state index in [1.54, 1.807) is 0 Å². The molecule has 3 heteroatoms. The average Bonchev–Trinajstić information content (AvgIpc) is 2.77. The van der Waals surface area contributed by atoms with Crippen molar-refractivity contribution in [1.82, 2.24) is 0 Å². The van der Waals surface area contributed by atoms with Crippen LogP contribution in [-0.2, 0) is 4.79 Å². The van der Waals surface area contributed by atoms with Gasteiger partial charge in [-0.1, -0.05) is 13.8 Å². The third-order valence-electron chi connectivity index (χ3n) is 8.36. The van der Waals surface area contributed by atoms with E-state index in [1.807, 2.05) is 0 Å². The summed E-state index contributed by atoms with van der Waals surface area (Å²) in [5, 5.41) is 20.9. The number of hydrogen-bond acceptors (Lipinski definition) is 3. The number of ketones is 1. The van der Waals surface area contributed by atoms with Crippen LogP contribution in [0.5, 0.6) is 0 Å². The Hall–Kier alpha value is -0.410. The van der Waals surface area contributed by atoms with Gasteiger partial charge < -0.3 is 10.2 Å². The van der Waals surface area contributed by atoms with Gasteiger partial charge in [0.2, 0.25) is 0 Å². The first-order valence-corrected chi connectivity index (χ1v) is 9.25. The van der Waals surface area contributed by atoms with E-state index in [0.717, 1.165) is 51.4 Å². The Morgan fingerprint density at radius 2 is 1.77 bits per heavy atom. The minimum absolute atomic E-state index is 0.167. The summed E-state index contributed by atoms with van der Waals surface area (Å²) in [6.07, 6.45) is 7.03. The molecule has 1 unspecified atom stereocenters. The van der Waals surface area contributed by atoms with Crippen molar-refractivity contribution in [2.45, 2.75) is 77.4 Å². The van der Waals surface area contributed by atoms with E-state index < -0.39 is 0 Å². The van der Waals surface area contributed by atoms with Crippen LogP contribution in [0.15, 0.2) is 0 Å². The molecule has 4 aliphatic carbocycles. The fraction of sp³-hybridized carbons (Fsp3) is 0.947. The van der Waals surface area contributed by atoms with E-state index in [4.69, 9.17) is 0 Å². The molecule has 8 atom stereocenters. The van der Waals surface area contributed by atoms with Crippen LogP contribution in [-0.4, -0.2) is 28.2 Å². The van der Waals surface area contributed by atoms with E-state index >= 15 is 0 Å². The second-order valence-electron chi connectivity index (χ2n) is 9.14. The maximum absolute atomic E-state index is 12.4. The molecule has 0 spiro atoms. The predicted molar refractivity (Wildman–Crippen MR) is 84.1 cm³/mol. The van der Waals surface area contributed by atoms with Crippen molar-refractivity contribution in [3.8, 4) is 0 Å². The van der Waals surface area contributed by atoms with Crippen molar-refractivity contribution >= 4 is 5.78 Å². The van der Waals surface area contributed by atoms with Gasteiger partial charge in [0.05, 0.1) is 12.2 Å². The highest BCUT2D eigenvalue weighted by Crippen LogP contribution is 2.65. The summed E-state index contributed by atoms with van der Waals surface area (Å²) in [6.45, 7) is 4.57. The highest BCUT2D eigenvalue weighted by molar-refractivity contribution is 5.87. The van der Waals surface area contributed by atoms with Crippen LogP contribution in [0.2, 0.25) is 0 Å². The number of Topliss-reactive ketones (excluding diaryl/α,β-unsaturated/α-hetero) is 1. The quantitative estimate of drug-likeness (QED) is 0.723. The molecular weight excluding hydrogens is 276 g/mol. The zero-order valence-electron chi connectivity index (χ0n) is 13.9. The van der Waals surface area contributed by atoms with Crippen LogP contribution in [0, 0.1) is 34.5 Å². The van der Waals surface area contributed by atoms with Gasteiger partial charge in [-0.3, -0.25) is 4.79 Å². The summed E-state index contributed by atoms with van der Waals surface area (Å²) >= 11 is 0. The smallest absolute Gasteiger partial charge is 0.139 e. The SMILES string of the molecule is C[C@]12CCC(O)C[C@H]1C[C@H](O)[C@@H]1[C@@H]2CC[C@]2(C)C(=O)CC[C@@H]12. The normalized spacial score (nSPS) is 57.9. The van der Waals surface area contributed by atoms with Crippen molar-refractivity contribution in [3.05, 3.63) is 0 Å². The molecule has 0 aliphatic heterocycles. The molecule has 3 nitrogen and oxygen atoms in total. The second kappa shape index (κ2) is 4.80. The van der Waals surface area contributed by atoms with Crippen molar-refractivity contribution < 1.29 is 15.0 Å². The van der Waals surface area contributed by atoms with Gasteiger partial charge in [0, 0.05) is 11.8 Å². The molecule has 22 heavy (non-hydrogen) atoms. The highest BCUT2D eigenvalue weighted by Gasteiger charge is 2.62. The molecule has 0 aromatic rings. The van der Waals surface area contributed by atoms with E-state index in [9.17, 15) is 15.0 Å². The number of fused-ring (bicyclic) bond motifs is 5. The standard InChI is InChI=1S/C19H30O3/c1-18-7-5-12(20)9-11(18)10-15(21)17-13-3-4-16(22)19(13,2)8-6-14(17)18/h11-15,17,20-21H,3-10H2,1-2H3/t11-,12?,13-,14-,15-,17-,18-,19-/m0/s1. The Balaban J connectivity index is 1.69. The molecule has 2 N–H and O–H groups in total. The van der Waals surface area contributed by atoms with Gasteiger partial charge in [-0.25, -0.2) is 0 Å². The number of hydrogen-bond donors (Lipinski definition) is 2. The van der Waals surface area contributed by atoms with Gasteiger partial charge in [-0.15, -0.1) is 0 Å². The minimum Gasteiger partial charge on any atom is -0.393 e. The third kappa shape index (κ3) is 1.84. The number of carbonyl (C=O) groups excluding carboxylic acids is 1. The summed E-state index contributed by atoms with van der Waals surface area (Å²) in [5.41, 5.74) is 0.0929. The highest BCUT2D eigenvalue weighted by atomic mass is 16.3. The monoisotopic (exact) mass is 306 g/mol. The van der Waals surface area contributed by atoms with Crippen molar-refractivity contribution in [2.75, 3.05) is 0 Å². The lowest BCUT2D eigenvalue weighted by Gasteiger charge is -2.61. The average molecular weight is 306 g/mol. The first-order valence-electron chi connectivity index (χ1n) is 9.25. The van der Waals surface area contributed by atoms with Gasteiger partial charge >= 0.3 is 0 Å². The number of aliphatic hydroxyl groups is 2. The van der Waals surface area contributed by atoms with E-state index in [2.05, 4.69) is 13.8 Å². The van der Waals surface area contributed by atoms with E-state index in [0.29, 0.717) is 29.5 Å². The molecule has 0 radical (unpaired) electrons. The summed E-state index contributed by atoms with van der Waals surface area (Å²) < 4.78 is 0. The molecule has 4 aliphatic rings. The summed E-state index contributed by atoms with van der Waals surface area (Å²) in [6, 6.07) is 0. The molecule has 4 fully saturated rings. The zero-order chi connectivity index (χ0) is 15.7. The summed E-state index contributed by atoms with van der Waals surface area (Å²) in [4.78, 5) is 12.4. The number of rotatable bonds is 0. The lowest BCUT2D eigenvalue weighted by Crippen LogP contribution is -2.58. The van der Waals surface area contributed by atoms with Gasteiger partial charge in [0.15, 0.2) is 0 Å². The van der Waals surface area contributed by atoms with Crippen LogP contribution in [0.4, 0.5) is 0 Å². The fourth-order valence-corrected chi connectivity index (χ4v) is 6.97. The lowest BCUT2D eigenvalue weighted by atomic mass is 9.44. The first kappa shape index (κ1) is 15.1. The maximum Gasteiger partial charge on any atom is 0.139 e. The Morgan fingerprint density at radius 3 is 2.55 bits per heavy atom. The molecule has 0 aromatic carbocycles. The molecule has 4 rings (SSSR count). The van der Waals surface area contributed by atoms with E-state index in [-0.39, 0.29) is 23.0 Å². The predicted octanol–water partition coefficient (Wildman–Crippen LogP) is 2.93. The number of aliphatic hydroxyl groups excluding tert-OH is 2. The van der Waals surface area contributed by atoms with Gasteiger partial charge in [0.1, 0.15) is 5.78 Å². The Morgan fingerprint density at radius 1 is 1.00 bits per heavy atom. The van der Waals surface area contributed by atoms with Crippen molar-refractivity contribution in [3.63, 3.8) is 0 Å². The third-order valence-corrected chi connectivity index (χ3v) is 8.36. The van der Waals surface area contributed by atoms with Crippen LogP contribution in [0.3, 0.4) is 0 Å². The molecule has 0 aromatic heterocycles. The molecule has 0 heterocycles. The minimum atomic E-state index is -0.274. The Kier molecular flexibility index (Phi) is 3.30. The van der Waals surface area contributed by atoms with Crippen LogP contribution in [0.25, 0.3) is 0 Å². The van der Waals surface area contributed by atoms with Crippen LogP contribution in [0.1, 0.15) is 65.2 Å². The molecule has 124 valence electrons. The molecule has 0 bridgehead atoms.